The average molecular weight is 216 g/mol. The van der Waals surface area contributed by atoms with Gasteiger partial charge < -0.3 is 10.6 Å². The molecule has 0 spiro atoms. The van der Waals surface area contributed by atoms with Crippen molar-refractivity contribution >= 4 is 11.6 Å². The van der Waals surface area contributed by atoms with Crippen molar-refractivity contribution in [1.82, 2.24) is 4.90 Å². The monoisotopic (exact) mass is 216 g/mol. The third-order valence-electron chi connectivity index (χ3n) is 2.75. The van der Waals surface area contributed by atoms with Crippen molar-refractivity contribution in [1.29, 1.82) is 0 Å². The molecular weight excluding hydrogens is 200 g/mol. The molecule has 0 aromatic heterocycles. The van der Waals surface area contributed by atoms with Crippen molar-refractivity contribution in [2.24, 2.45) is 0 Å². The van der Waals surface area contributed by atoms with Crippen LogP contribution in [0, 0.1) is 0 Å². The highest BCUT2D eigenvalue weighted by Gasteiger charge is 2.17. The molecule has 0 bridgehead atoms. The Bertz CT molecular complexity index is 437. The predicted molar refractivity (Wildman–Crippen MR) is 65.1 cm³/mol. The average Bonchev–Trinajstić information content (AvgIpc) is 2.28. The van der Waals surface area contributed by atoms with E-state index in [0.717, 1.165) is 19.5 Å². The molecule has 3 nitrogen and oxygen atoms in total. The number of carbonyl (C=O) groups excluding carboxylic acids is 1. The lowest BCUT2D eigenvalue weighted by Gasteiger charge is -2.26. The summed E-state index contributed by atoms with van der Waals surface area (Å²) in [6.07, 6.45) is 3.13. The van der Waals surface area contributed by atoms with Gasteiger partial charge in [-0.15, -0.1) is 0 Å². The summed E-state index contributed by atoms with van der Waals surface area (Å²) in [4.78, 5) is 14.0. The number of nitrogen functional groups attached to an aromatic ring is 1. The molecule has 16 heavy (non-hydrogen) atoms. The van der Waals surface area contributed by atoms with Crippen molar-refractivity contribution in [2.75, 3.05) is 18.8 Å². The molecule has 1 aliphatic heterocycles. The van der Waals surface area contributed by atoms with E-state index in [2.05, 4.69) is 13.0 Å². The summed E-state index contributed by atoms with van der Waals surface area (Å²) < 4.78 is 0. The molecule has 84 valence electrons. The molecule has 1 aromatic carbocycles. The predicted octanol–water partition coefficient (Wildman–Crippen LogP) is 2.06. The maximum atomic E-state index is 12.1. The fraction of sp³-hybridized carbons (Fsp3) is 0.308. The van der Waals surface area contributed by atoms with Crippen LogP contribution >= 0.6 is 0 Å². The lowest BCUT2D eigenvalue weighted by atomic mass is 10.1. The van der Waals surface area contributed by atoms with Crippen molar-refractivity contribution in [3.05, 3.63) is 41.5 Å². The maximum Gasteiger partial charge on any atom is 0.254 e. The molecule has 0 fully saturated rings. The van der Waals surface area contributed by atoms with Gasteiger partial charge >= 0.3 is 0 Å². The standard InChI is InChI=1S/C13H16N2O/c1-10-4-3-7-15(9-10)13(16)11-5-2-6-12(14)8-11/h2,4-6,8H,3,7,9,14H2,1H3. The van der Waals surface area contributed by atoms with Gasteiger partial charge in [0.05, 0.1) is 0 Å². The first-order chi connectivity index (χ1) is 7.66. The van der Waals surface area contributed by atoms with Crippen LogP contribution in [0.15, 0.2) is 35.9 Å². The normalized spacial score (nSPS) is 15.8. The van der Waals surface area contributed by atoms with Gasteiger partial charge in [-0.1, -0.05) is 17.7 Å². The Balaban J connectivity index is 2.16. The Morgan fingerprint density at radius 2 is 2.25 bits per heavy atom. The lowest BCUT2D eigenvalue weighted by Crippen LogP contribution is -2.35. The van der Waals surface area contributed by atoms with E-state index in [1.165, 1.54) is 5.57 Å². The molecule has 0 radical (unpaired) electrons. The van der Waals surface area contributed by atoms with Crippen LogP contribution in [0.25, 0.3) is 0 Å². The Morgan fingerprint density at radius 1 is 1.44 bits per heavy atom. The summed E-state index contributed by atoms with van der Waals surface area (Å²) in [7, 11) is 0. The lowest BCUT2D eigenvalue weighted by molar-refractivity contribution is 0.0766. The summed E-state index contributed by atoms with van der Waals surface area (Å²) in [5, 5.41) is 0. The number of carbonyl (C=O) groups is 1. The molecule has 0 saturated carbocycles. The molecule has 1 aromatic rings. The second-order valence-electron chi connectivity index (χ2n) is 4.19. The van der Waals surface area contributed by atoms with E-state index in [0.29, 0.717) is 11.3 Å². The Hall–Kier alpha value is -1.77. The number of nitrogens with zero attached hydrogens (tertiary/aromatic N) is 1. The molecule has 0 unspecified atom stereocenters. The highest BCUT2D eigenvalue weighted by atomic mass is 16.2. The fourth-order valence-electron chi connectivity index (χ4n) is 1.94. The Labute approximate surface area is 95.6 Å². The quantitative estimate of drug-likeness (QED) is 0.577. The van der Waals surface area contributed by atoms with Gasteiger partial charge in [-0.25, -0.2) is 0 Å². The molecule has 0 saturated heterocycles. The van der Waals surface area contributed by atoms with Gasteiger partial charge in [-0.3, -0.25) is 4.79 Å². The minimum Gasteiger partial charge on any atom is -0.399 e. The van der Waals surface area contributed by atoms with E-state index in [9.17, 15) is 4.79 Å². The Morgan fingerprint density at radius 3 is 2.94 bits per heavy atom. The van der Waals surface area contributed by atoms with Gasteiger partial charge in [0, 0.05) is 24.3 Å². The number of amides is 1. The third-order valence-corrected chi connectivity index (χ3v) is 2.75. The molecule has 0 atom stereocenters. The minimum atomic E-state index is 0.0692. The smallest absolute Gasteiger partial charge is 0.254 e. The first kappa shape index (κ1) is 10.7. The first-order valence-electron chi connectivity index (χ1n) is 5.47. The van der Waals surface area contributed by atoms with Crippen molar-refractivity contribution < 1.29 is 4.79 Å². The molecule has 3 heteroatoms. The van der Waals surface area contributed by atoms with Gasteiger partial charge in [-0.2, -0.15) is 0 Å². The SMILES string of the molecule is CC1=CCCN(C(=O)c2cccc(N)c2)C1. The van der Waals surface area contributed by atoms with E-state index < -0.39 is 0 Å². The van der Waals surface area contributed by atoms with Gasteiger partial charge in [0.25, 0.3) is 5.91 Å². The van der Waals surface area contributed by atoms with Gasteiger partial charge in [0.1, 0.15) is 0 Å². The summed E-state index contributed by atoms with van der Waals surface area (Å²) in [5.41, 5.74) is 8.23. The molecule has 1 amide bonds. The van der Waals surface area contributed by atoms with Crippen LogP contribution in [0.1, 0.15) is 23.7 Å². The number of rotatable bonds is 1. The molecule has 2 rings (SSSR count). The zero-order valence-corrected chi connectivity index (χ0v) is 9.44. The van der Waals surface area contributed by atoms with E-state index >= 15 is 0 Å². The number of benzene rings is 1. The van der Waals surface area contributed by atoms with Crippen LogP contribution in [0.3, 0.4) is 0 Å². The van der Waals surface area contributed by atoms with Crippen LogP contribution in [0.5, 0.6) is 0 Å². The summed E-state index contributed by atoms with van der Waals surface area (Å²) >= 11 is 0. The fourth-order valence-corrected chi connectivity index (χ4v) is 1.94. The van der Waals surface area contributed by atoms with Crippen molar-refractivity contribution in [3.63, 3.8) is 0 Å². The highest BCUT2D eigenvalue weighted by molar-refractivity contribution is 5.95. The number of nitrogens with two attached hydrogens (primary N) is 1. The first-order valence-corrected chi connectivity index (χ1v) is 5.47. The number of anilines is 1. The van der Waals surface area contributed by atoms with Crippen molar-refractivity contribution in [2.45, 2.75) is 13.3 Å². The van der Waals surface area contributed by atoms with Crippen LogP contribution in [-0.2, 0) is 0 Å². The van der Waals surface area contributed by atoms with Crippen LogP contribution < -0.4 is 5.73 Å². The summed E-state index contributed by atoms with van der Waals surface area (Å²) in [5.74, 6) is 0.0692. The molecule has 1 heterocycles. The van der Waals surface area contributed by atoms with Crippen LogP contribution in [0.2, 0.25) is 0 Å². The Kier molecular flexibility index (Phi) is 2.95. The minimum absolute atomic E-state index is 0.0692. The zero-order valence-electron chi connectivity index (χ0n) is 9.44. The maximum absolute atomic E-state index is 12.1. The number of hydrogen-bond donors (Lipinski definition) is 1. The van der Waals surface area contributed by atoms with Crippen LogP contribution in [0.4, 0.5) is 5.69 Å². The van der Waals surface area contributed by atoms with E-state index in [-0.39, 0.29) is 5.91 Å². The molecule has 1 aliphatic rings. The molecule has 2 N–H and O–H groups in total. The zero-order chi connectivity index (χ0) is 11.5. The van der Waals surface area contributed by atoms with Crippen molar-refractivity contribution in [3.8, 4) is 0 Å². The van der Waals surface area contributed by atoms with E-state index in [1.807, 2.05) is 17.0 Å². The summed E-state index contributed by atoms with van der Waals surface area (Å²) in [6.45, 7) is 3.58. The van der Waals surface area contributed by atoms with E-state index in [4.69, 9.17) is 5.73 Å². The van der Waals surface area contributed by atoms with Gasteiger partial charge in [0.2, 0.25) is 0 Å². The highest BCUT2D eigenvalue weighted by Crippen LogP contribution is 2.14. The van der Waals surface area contributed by atoms with Crippen LogP contribution in [-0.4, -0.2) is 23.9 Å². The largest absolute Gasteiger partial charge is 0.399 e. The molecular formula is C13H16N2O. The number of hydrogen-bond acceptors (Lipinski definition) is 2. The second kappa shape index (κ2) is 4.39. The second-order valence-corrected chi connectivity index (χ2v) is 4.19. The van der Waals surface area contributed by atoms with E-state index in [1.54, 1.807) is 12.1 Å². The molecule has 0 aliphatic carbocycles. The van der Waals surface area contributed by atoms with Gasteiger partial charge in [-0.05, 0) is 31.5 Å². The third kappa shape index (κ3) is 2.24. The topological polar surface area (TPSA) is 46.3 Å². The summed E-state index contributed by atoms with van der Waals surface area (Å²) in [6, 6.07) is 7.15. The van der Waals surface area contributed by atoms with Gasteiger partial charge in [0.15, 0.2) is 0 Å².